The van der Waals surface area contributed by atoms with Gasteiger partial charge < -0.3 is 4.57 Å². The summed E-state index contributed by atoms with van der Waals surface area (Å²) >= 11 is 0. The minimum atomic E-state index is -0.302. The lowest BCUT2D eigenvalue weighted by molar-refractivity contribution is 0.0955. The molecule has 1 aromatic heterocycles. The number of benzene rings is 2. The maximum absolute atomic E-state index is 13.1. The Balaban J connectivity index is 1.84. The average molecular weight is 335 g/mol. The van der Waals surface area contributed by atoms with E-state index in [1.54, 1.807) is 18.2 Å². The van der Waals surface area contributed by atoms with Gasteiger partial charge in [0.25, 0.3) is 5.91 Å². The van der Waals surface area contributed by atoms with E-state index in [1.807, 2.05) is 54.2 Å². The number of amides is 1. The summed E-state index contributed by atoms with van der Waals surface area (Å²) in [6, 6.07) is 17.2. The Bertz CT molecular complexity index is 884. The van der Waals surface area contributed by atoms with Gasteiger partial charge in [0.2, 0.25) is 0 Å². The number of hydrogen-bond donors (Lipinski definition) is 1. The molecule has 0 unspecified atom stereocenters. The Morgan fingerprint density at radius 3 is 2.40 bits per heavy atom. The van der Waals surface area contributed by atoms with Crippen LogP contribution in [0.5, 0.6) is 0 Å². The van der Waals surface area contributed by atoms with Crippen molar-refractivity contribution in [3.8, 4) is 5.69 Å². The predicted octanol–water partition coefficient (Wildman–Crippen LogP) is 4.16. The molecule has 0 fully saturated rings. The highest BCUT2D eigenvalue weighted by atomic mass is 19.1. The Morgan fingerprint density at radius 1 is 1.04 bits per heavy atom. The number of nitrogens with one attached hydrogen (secondary N) is 1. The molecule has 1 amide bonds. The van der Waals surface area contributed by atoms with Gasteiger partial charge in [0.05, 0.1) is 17.0 Å². The van der Waals surface area contributed by atoms with Gasteiger partial charge in [0.15, 0.2) is 0 Å². The largest absolute Gasteiger partial charge is 0.323 e. The van der Waals surface area contributed by atoms with Gasteiger partial charge in [-0.05, 0) is 48.4 Å². The number of nitrogens with zero attached hydrogens (tertiary/aromatic N) is 2. The first-order chi connectivity index (χ1) is 12.2. The molecule has 2 aromatic carbocycles. The molecule has 126 valence electrons. The Kier molecular flexibility index (Phi) is 5.04. The number of rotatable bonds is 5. The minimum absolute atomic E-state index is 0.294. The number of halogens is 1. The summed E-state index contributed by atoms with van der Waals surface area (Å²) in [4.78, 5) is 12.6. The van der Waals surface area contributed by atoms with Gasteiger partial charge in [-0.25, -0.2) is 9.82 Å². The van der Waals surface area contributed by atoms with Crippen LogP contribution >= 0.6 is 0 Å². The fourth-order valence-electron chi connectivity index (χ4n) is 2.55. The second-order valence-electron chi connectivity index (χ2n) is 5.47. The van der Waals surface area contributed by atoms with Gasteiger partial charge in [-0.3, -0.25) is 4.79 Å². The molecule has 0 spiro atoms. The summed E-state index contributed by atoms with van der Waals surface area (Å²) in [5.74, 6) is -0.596. The molecule has 0 bridgehead atoms. The maximum atomic E-state index is 13.1. The van der Waals surface area contributed by atoms with Crippen LogP contribution in [-0.2, 0) is 0 Å². The van der Waals surface area contributed by atoms with E-state index in [4.69, 9.17) is 0 Å². The van der Waals surface area contributed by atoms with Crippen LogP contribution in [0, 0.1) is 5.82 Å². The number of hydrogen-bond acceptors (Lipinski definition) is 2. The fraction of sp³-hybridized carbons (Fsp3) is 0.100. The first-order valence-electron chi connectivity index (χ1n) is 8.04. The topological polar surface area (TPSA) is 46.4 Å². The normalized spacial score (nSPS) is 11.4. The summed E-state index contributed by atoms with van der Waals surface area (Å²) in [5, 5.41) is 4.23. The van der Waals surface area contributed by atoms with E-state index in [0.717, 1.165) is 11.3 Å². The van der Waals surface area contributed by atoms with Gasteiger partial charge in [0.1, 0.15) is 5.82 Å². The molecular weight excluding hydrogens is 317 g/mol. The van der Waals surface area contributed by atoms with Crippen LogP contribution in [0.2, 0.25) is 0 Å². The van der Waals surface area contributed by atoms with Crippen LogP contribution in [0.4, 0.5) is 4.39 Å². The van der Waals surface area contributed by atoms with Crippen LogP contribution in [0.1, 0.15) is 29.3 Å². The Morgan fingerprint density at radius 2 is 1.72 bits per heavy atom. The molecule has 3 aromatic rings. The summed E-state index contributed by atoms with van der Waals surface area (Å²) < 4.78 is 14.9. The van der Waals surface area contributed by atoms with Gasteiger partial charge in [-0.1, -0.05) is 31.2 Å². The van der Waals surface area contributed by atoms with E-state index in [2.05, 4.69) is 10.5 Å². The fourth-order valence-corrected chi connectivity index (χ4v) is 2.55. The second kappa shape index (κ2) is 7.57. The smallest absolute Gasteiger partial charge is 0.273 e. The molecule has 0 saturated heterocycles. The van der Waals surface area contributed by atoms with Crippen molar-refractivity contribution in [1.29, 1.82) is 0 Å². The van der Waals surface area contributed by atoms with Crippen LogP contribution in [0.3, 0.4) is 0 Å². The van der Waals surface area contributed by atoms with Crippen LogP contribution < -0.4 is 5.43 Å². The molecular formula is C20H18FN3O. The molecule has 5 heteroatoms. The number of hydrazone groups is 1. The lowest BCUT2D eigenvalue weighted by Gasteiger charge is -2.10. The Labute approximate surface area is 145 Å². The average Bonchev–Trinajstić information content (AvgIpc) is 3.18. The highest BCUT2D eigenvalue weighted by molar-refractivity contribution is 6.03. The molecule has 0 aliphatic carbocycles. The second-order valence-corrected chi connectivity index (χ2v) is 5.47. The SMILES string of the molecule is CC/C(=N\NC(=O)c1ccccc1-n1cccc1)c1ccc(F)cc1. The molecule has 3 rings (SSSR count). The van der Waals surface area contributed by atoms with Crippen molar-refractivity contribution in [1.82, 2.24) is 9.99 Å². The highest BCUT2D eigenvalue weighted by Gasteiger charge is 2.12. The molecule has 0 atom stereocenters. The van der Waals surface area contributed by atoms with Crippen molar-refractivity contribution in [2.45, 2.75) is 13.3 Å². The molecule has 25 heavy (non-hydrogen) atoms. The number of carbonyl (C=O) groups excluding carboxylic acids is 1. The van der Waals surface area contributed by atoms with E-state index in [-0.39, 0.29) is 11.7 Å². The zero-order valence-electron chi connectivity index (χ0n) is 13.8. The molecule has 0 saturated carbocycles. The molecule has 0 aliphatic heterocycles. The number of aromatic nitrogens is 1. The lowest BCUT2D eigenvalue weighted by Crippen LogP contribution is -2.21. The van der Waals surface area contributed by atoms with Gasteiger partial charge in [-0.2, -0.15) is 5.10 Å². The maximum Gasteiger partial charge on any atom is 0.273 e. The van der Waals surface area contributed by atoms with Crippen LogP contribution in [0.15, 0.2) is 78.2 Å². The van der Waals surface area contributed by atoms with Crippen molar-refractivity contribution in [3.63, 3.8) is 0 Å². The van der Waals surface area contributed by atoms with Crippen molar-refractivity contribution in [3.05, 3.63) is 90.0 Å². The third-order valence-corrected chi connectivity index (χ3v) is 3.84. The monoisotopic (exact) mass is 335 g/mol. The standard InChI is InChI=1S/C20H18FN3O/c1-2-18(15-9-11-16(21)12-10-15)22-23-20(25)17-7-3-4-8-19(17)24-13-5-6-14-24/h3-14H,2H2,1H3,(H,23,25)/b22-18+. The lowest BCUT2D eigenvalue weighted by atomic mass is 10.1. The molecule has 0 aliphatic rings. The van der Waals surface area contributed by atoms with Crippen molar-refractivity contribution < 1.29 is 9.18 Å². The van der Waals surface area contributed by atoms with E-state index in [0.29, 0.717) is 17.7 Å². The molecule has 1 heterocycles. The Hall–Kier alpha value is -3.21. The third-order valence-electron chi connectivity index (χ3n) is 3.84. The first-order valence-corrected chi connectivity index (χ1v) is 8.04. The quantitative estimate of drug-likeness (QED) is 0.552. The van der Waals surface area contributed by atoms with Gasteiger partial charge >= 0.3 is 0 Å². The first kappa shape index (κ1) is 16.6. The minimum Gasteiger partial charge on any atom is -0.323 e. The van der Waals surface area contributed by atoms with Crippen LogP contribution in [0.25, 0.3) is 5.69 Å². The van der Waals surface area contributed by atoms with Gasteiger partial charge in [0, 0.05) is 12.4 Å². The molecule has 0 radical (unpaired) electrons. The summed E-state index contributed by atoms with van der Waals surface area (Å²) in [6.07, 6.45) is 4.38. The molecule has 1 N–H and O–H groups in total. The van der Waals surface area contributed by atoms with E-state index in [1.165, 1.54) is 12.1 Å². The van der Waals surface area contributed by atoms with Crippen molar-refractivity contribution in [2.75, 3.05) is 0 Å². The highest BCUT2D eigenvalue weighted by Crippen LogP contribution is 2.15. The third kappa shape index (κ3) is 3.83. The number of carbonyl (C=O) groups is 1. The summed E-state index contributed by atoms with van der Waals surface area (Å²) in [7, 11) is 0. The van der Waals surface area contributed by atoms with Gasteiger partial charge in [-0.15, -0.1) is 0 Å². The number of para-hydroxylation sites is 1. The summed E-state index contributed by atoms with van der Waals surface area (Å²) in [5.41, 5.74) is 5.38. The van der Waals surface area contributed by atoms with Crippen LogP contribution in [-0.4, -0.2) is 16.2 Å². The van der Waals surface area contributed by atoms with E-state index in [9.17, 15) is 9.18 Å². The summed E-state index contributed by atoms with van der Waals surface area (Å²) in [6.45, 7) is 1.93. The van der Waals surface area contributed by atoms with E-state index >= 15 is 0 Å². The van der Waals surface area contributed by atoms with Crippen molar-refractivity contribution in [2.24, 2.45) is 5.10 Å². The zero-order valence-corrected chi connectivity index (χ0v) is 13.8. The van der Waals surface area contributed by atoms with Crippen molar-refractivity contribution >= 4 is 11.6 Å². The zero-order chi connectivity index (χ0) is 17.6. The van der Waals surface area contributed by atoms with E-state index < -0.39 is 0 Å². The molecule has 4 nitrogen and oxygen atoms in total. The predicted molar refractivity (Wildman–Crippen MR) is 96.5 cm³/mol.